The van der Waals surface area contributed by atoms with E-state index >= 15 is 0 Å². The summed E-state index contributed by atoms with van der Waals surface area (Å²) in [5.41, 5.74) is 5.35. The highest BCUT2D eigenvalue weighted by molar-refractivity contribution is 5.76. The molecule has 0 saturated carbocycles. The molecule has 5 aromatic rings. The highest BCUT2D eigenvalue weighted by atomic mass is 15.3. The second-order valence-corrected chi connectivity index (χ2v) is 6.48. The predicted octanol–water partition coefficient (Wildman–Crippen LogP) is 3.13. The van der Waals surface area contributed by atoms with Gasteiger partial charge in [0.15, 0.2) is 5.65 Å². The Morgan fingerprint density at radius 3 is 2.79 bits per heavy atom. The number of aromatic nitrogens is 7. The number of nitrogens with one attached hydrogen (secondary N) is 2. The summed E-state index contributed by atoms with van der Waals surface area (Å²) in [5.74, 6) is 0.832. The molecule has 0 radical (unpaired) electrons. The quantitative estimate of drug-likeness (QED) is 0.496. The molecule has 5 rings (SSSR count). The fourth-order valence-corrected chi connectivity index (χ4v) is 3.15. The zero-order valence-corrected chi connectivity index (χ0v) is 15.2. The molecular weight excluding hydrogens is 352 g/mol. The number of pyridine rings is 1. The Kier molecular flexibility index (Phi) is 3.86. The fourth-order valence-electron chi connectivity index (χ4n) is 3.15. The number of nitrogens with zero attached hydrogens (tertiary/aromatic N) is 6. The molecule has 0 fully saturated rings. The maximum absolute atomic E-state index is 4.81. The van der Waals surface area contributed by atoms with Crippen LogP contribution in [-0.2, 0) is 13.6 Å². The lowest BCUT2D eigenvalue weighted by Crippen LogP contribution is -2.01. The molecule has 0 bridgehead atoms. The van der Waals surface area contributed by atoms with Crippen LogP contribution in [-0.4, -0.2) is 34.3 Å². The summed E-state index contributed by atoms with van der Waals surface area (Å²) in [5, 5.41) is 12.2. The van der Waals surface area contributed by atoms with E-state index in [-0.39, 0.29) is 0 Å². The first-order chi connectivity index (χ1) is 13.8. The van der Waals surface area contributed by atoms with E-state index in [4.69, 9.17) is 4.98 Å². The lowest BCUT2D eigenvalue weighted by atomic mass is 10.1. The van der Waals surface area contributed by atoms with E-state index in [0.717, 1.165) is 39.8 Å². The zero-order chi connectivity index (χ0) is 18.9. The van der Waals surface area contributed by atoms with Gasteiger partial charge in [-0.05, 0) is 30.3 Å². The molecule has 0 amide bonds. The van der Waals surface area contributed by atoms with Gasteiger partial charge in [0.05, 0.1) is 12.2 Å². The van der Waals surface area contributed by atoms with Crippen LogP contribution in [0.2, 0.25) is 0 Å². The third-order valence-electron chi connectivity index (χ3n) is 4.51. The Morgan fingerprint density at radius 1 is 1.07 bits per heavy atom. The number of rotatable bonds is 5. The summed E-state index contributed by atoms with van der Waals surface area (Å²) < 4.78 is 3.52. The van der Waals surface area contributed by atoms with Crippen LogP contribution in [0.3, 0.4) is 0 Å². The summed E-state index contributed by atoms with van der Waals surface area (Å²) >= 11 is 0. The minimum atomic E-state index is 0.579. The van der Waals surface area contributed by atoms with Gasteiger partial charge in [0.2, 0.25) is 0 Å². The Hall–Kier alpha value is -3.94. The molecule has 8 nitrogen and oxygen atoms in total. The van der Waals surface area contributed by atoms with Crippen LogP contribution in [0.25, 0.3) is 28.3 Å². The number of imidazole rings is 1. The molecule has 0 aliphatic carbocycles. The van der Waals surface area contributed by atoms with Crippen molar-refractivity contribution in [2.45, 2.75) is 6.54 Å². The van der Waals surface area contributed by atoms with Crippen molar-refractivity contribution in [1.82, 2.24) is 34.3 Å². The van der Waals surface area contributed by atoms with E-state index in [1.807, 2.05) is 68.0 Å². The number of benzene rings is 1. The summed E-state index contributed by atoms with van der Waals surface area (Å²) in [6.07, 6.45) is 5.40. The molecule has 138 valence electrons. The van der Waals surface area contributed by atoms with Gasteiger partial charge in [-0.3, -0.25) is 4.68 Å². The van der Waals surface area contributed by atoms with Crippen molar-refractivity contribution >= 4 is 11.3 Å². The minimum absolute atomic E-state index is 0.579. The number of aryl methyl sites for hydroxylation is 1. The Bertz CT molecular complexity index is 1230. The Labute approximate surface area is 160 Å². The molecule has 0 unspecified atom stereocenters. The summed E-state index contributed by atoms with van der Waals surface area (Å²) in [6.45, 7) is 0.579. The van der Waals surface area contributed by atoms with Gasteiger partial charge in [-0.2, -0.15) is 10.2 Å². The van der Waals surface area contributed by atoms with Crippen molar-refractivity contribution in [2.75, 3.05) is 5.32 Å². The van der Waals surface area contributed by atoms with E-state index in [1.54, 1.807) is 15.5 Å². The predicted molar refractivity (Wildman–Crippen MR) is 107 cm³/mol. The highest BCUT2D eigenvalue weighted by Crippen LogP contribution is 2.29. The van der Waals surface area contributed by atoms with Crippen molar-refractivity contribution in [2.24, 2.45) is 7.05 Å². The van der Waals surface area contributed by atoms with Gasteiger partial charge in [0, 0.05) is 30.7 Å². The number of hydrogen-bond donors (Lipinski definition) is 2. The number of aromatic amines is 1. The smallest absolute Gasteiger partial charge is 0.155 e. The average molecular weight is 370 g/mol. The number of anilines is 1. The molecule has 4 aromatic heterocycles. The first-order valence-corrected chi connectivity index (χ1v) is 8.94. The van der Waals surface area contributed by atoms with E-state index in [1.165, 1.54) is 0 Å². The zero-order valence-electron chi connectivity index (χ0n) is 15.2. The number of H-pyrrole nitrogens is 1. The third-order valence-corrected chi connectivity index (χ3v) is 4.51. The van der Waals surface area contributed by atoms with Crippen molar-refractivity contribution in [1.29, 1.82) is 0 Å². The molecule has 1 aromatic carbocycles. The molecular formula is C20H18N8. The normalized spacial score (nSPS) is 11.2. The largest absolute Gasteiger partial charge is 0.378 e. The molecule has 28 heavy (non-hydrogen) atoms. The standard InChI is InChI=1S/C20H18N8/c1-27-10-9-16(26-27)20-19(14-7-8-18-22-13-23-28(18)12-14)24-17(25-20)11-21-15-5-3-2-4-6-15/h2-10,12-13,21H,11H2,1H3,(H,24,25). The number of fused-ring (bicyclic) bond motifs is 1. The van der Waals surface area contributed by atoms with E-state index in [9.17, 15) is 0 Å². The maximum Gasteiger partial charge on any atom is 0.155 e. The van der Waals surface area contributed by atoms with Gasteiger partial charge in [0.1, 0.15) is 23.5 Å². The molecule has 0 aliphatic heterocycles. The summed E-state index contributed by atoms with van der Waals surface area (Å²) in [4.78, 5) is 12.5. The maximum atomic E-state index is 4.81. The van der Waals surface area contributed by atoms with Crippen LogP contribution in [0, 0.1) is 0 Å². The fraction of sp³-hybridized carbons (Fsp3) is 0.100. The van der Waals surface area contributed by atoms with Crippen LogP contribution in [0.1, 0.15) is 5.82 Å². The van der Waals surface area contributed by atoms with Gasteiger partial charge >= 0.3 is 0 Å². The molecule has 0 aliphatic rings. The Balaban J connectivity index is 1.54. The molecule has 8 heteroatoms. The SMILES string of the molecule is Cn1ccc(-c2nc(CNc3ccccc3)[nH]c2-c2ccc3ncnn3c2)n1. The highest BCUT2D eigenvalue weighted by Gasteiger charge is 2.17. The van der Waals surface area contributed by atoms with Crippen LogP contribution in [0.4, 0.5) is 5.69 Å². The van der Waals surface area contributed by atoms with Crippen molar-refractivity contribution < 1.29 is 0 Å². The van der Waals surface area contributed by atoms with Gasteiger partial charge in [-0.1, -0.05) is 18.2 Å². The summed E-state index contributed by atoms with van der Waals surface area (Å²) in [7, 11) is 1.90. The topological polar surface area (TPSA) is 88.7 Å². The van der Waals surface area contributed by atoms with Gasteiger partial charge in [-0.25, -0.2) is 14.5 Å². The molecule has 0 spiro atoms. The van der Waals surface area contributed by atoms with E-state index in [0.29, 0.717) is 6.54 Å². The van der Waals surface area contributed by atoms with Crippen LogP contribution in [0.15, 0.2) is 67.3 Å². The summed E-state index contributed by atoms with van der Waals surface area (Å²) in [6, 6.07) is 16.0. The molecule has 4 heterocycles. The second-order valence-electron chi connectivity index (χ2n) is 6.48. The van der Waals surface area contributed by atoms with Crippen LogP contribution >= 0.6 is 0 Å². The Morgan fingerprint density at radius 2 is 1.96 bits per heavy atom. The van der Waals surface area contributed by atoms with Gasteiger partial charge < -0.3 is 10.3 Å². The van der Waals surface area contributed by atoms with Crippen molar-refractivity contribution in [3.8, 4) is 22.6 Å². The second kappa shape index (κ2) is 6.66. The first kappa shape index (κ1) is 16.2. The molecule has 2 N–H and O–H groups in total. The molecule has 0 atom stereocenters. The minimum Gasteiger partial charge on any atom is -0.378 e. The lowest BCUT2D eigenvalue weighted by Gasteiger charge is -2.03. The van der Waals surface area contributed by atoms with Crippen molar-refractivity contribution in [3.63, 3.8) is 0 Å². The van der Waals surface area contributed by atoms with Crippen molar-refractivity contribution in [3.05, 3.63) is 73.1 Å². The number of para-hydroxylation sites is 1. The van der Waals surface area contributed by atoms with Gasteiger partial charge in [0.25, 0.3) is 0 Å². The number of hydrogen-bond acceptors (Lipinski definition) is 5. The van der Waals surface area contributed by atoms with Gasteiger partial charge in [-0.15, -0.1) is 0 Å². The lowest BCUT2D eigenvalue weighted by molar-refractivity contribution is 0.770. The van der Waals surface area contributed by atoms with Crippen LogP contribution in [0.5, 0.6) is 0 Å². The first-order valence-electron chi connectivity index (χ1n) is 8.94. The third kappa shape index (κ3) is 3.01. The monoisotopic (exact) mass is 370 g/mol. The average Bonchev–Trinajstić information content (AvgIpc) is 3.45. The van der Waals surface area contributed by atoms with E-state index in [2.05, 4.69) is 25.5 Å². The molecule has 0 saturated heterocycles. The van der Waals surface area contributed by atoms with Crippen LogP contribution < -0.4 is 5.32 Å². The van der Waals surface area contributed by atoms with E-state index < -0.39 is 0 Å².